The molecule has 6 nitrogen and oxygen atoms in total. The van der Waals surface area contributed by atoms with E-state index in [4.69, 9.17) is 23.2 Å². The van der Waals surface area contributed by atoms with Crippen molar-refractivity contribution in [1.29, 1.82) is 0 Å². The molecule has 1 aromatic carbocycles. The number of hydrogen-bond donors (Lipinski definition) is 3. The first-order valence-electron chi connectivity index (χ1n) is 7.82. The highest BCUT2D eigenvalue weighted by atomic mass is 35.5. The summed E-state index contributed by atoms with van der Waals surface area (Å²) in [6, 6.07) is 5.23. The smallest absolute Gasteiger partial charge is 0.306 e. The van der Waals surface area contributed by atoms with Gasteiger partial charge in [0.1, 0.15) is 17.8 Å². The second kappa shape index (κ2) is 6.20. The Bertz CT molecular complexity index is 986. The fourth-order valence-corrected chi connectivity index (χ4v) is 3.56. The van der Waals surface area contributed by atoms with Gasteiger partial charge in [-0.05, 0) is 43.0 Å². The van der Waals surface area contributed by atoms with Crippen LogP contribution in [0.5, 0.6) is 0 Å². The van der Waals surface area contributed by atoms with Gasteiger partial charge < -0.3 is 15.4 Å². The Kier molecular flexibility index (Phi) is 4.01. The predicted molar refractivity (Wildman–Crippen MR) is 96.8 cm³/mol. The first-order chi connectivity index (χ1) is 12.0. The number of nitrogens with zero attached hydrogens (tertiary/aromatic N) is 2. The van der Waals surface area contributed by atoms with Gasteiger partial charge in [-0.1, -0.05) is 23.2 Å². The molecule has 25 heavy (non-hydrogen) atoms. The summed E-state index contributed by atoms with van der Waals surface area (Å²) in [7, 11) is 0. The van der Waals surface area contributed by atoms with E-state index in [2.05, 4.69) is 20.3 Å². The van der Waals surface area contributed by atoms with Crippen LogP contribution in [0, 0.1) is 5.92 Å². The van der Waals surface area contributed by atoms with E-state index in [0.29, 0.717) is 40.8 Å². The lowest BCUT2D eigenvalue weighted by molar-refractivity contribution is -0.142. The molecule has 2 aromatic heterocycles. The van der Waals surface area contributed by atoms with Gasteiger partial charge in [-0.15, -0.1) is 0 Å². The highest BCUT2D eigenvalue weighted by Gasteiger charge is 2.28. The Labute approximate surface area is 153 Å². The van der Waals surface area contributed by atoms with Gasteiger partial charge in [0.05, 0.1) is 21.3 Å². The zero-order valence-electron chi connectivity index (χ0n) is 13.0. The maximum Gasteiger partial charge on any atom is 0.306 e. The van der Waals surface area contributed by atoms with E-state index in [0.717, 1.165) is 22.3 Å². The largest absolute Gasteiger partial charge is 0.481 e. The maximum absolute atomic E-state index is 11.4. The van der Waals surface area contributed by atoms with Crippen LogP contribution in [0.2, 0.25) is 10.0 Å². The molecule has 1 aliphatic rings. The molecule has 0 saturated carbocycles. The van der Waals surface area contributed by atoms with Gasteiger partial charge in [-0.3, -0.25) is 4.79 Å². The number of halogens is 2. The molecule has 4 rings (SSSR count). The number of rotatable bonds is 3. The van der Waals surface area contributed by atoms with Gasteiger partial charge >= 0.3 is 5.97 Å². The van der Waals surface area contributed by atoms with Gasteiger partial charge in [0, 0.05) is 11.4 Å². The zero-order valence-corrected chi connectivity index (χ0v) is 14.5. The second-order valence-electron chi connectivity index (χ2n) is 6.06. The highest BCUT2D eigenvalue weighted by Crippen LogP contribution is 2.35. The molecule has 2 heterocycles. The lowest BCUT2D eigenvalue weighted by atomic mass is 9.86. The highest BCUT2D eigenvalue weighted by molar-refractivity contribution is 6.42. The summed E-state index contributed by atoms with van der Waals surface area (Å²) in [5.74, 6) is -0.535. The van der Waals surface area contributed by atoms with Crippen LogP contribution in [-0.4, -0.2) is 26.0 Å². The minimum absolute atomic E-state index is 0.385. The number of aromatic amines is 1. The number of aryl methyl sites for hydroxylation is 1. The topological polar surface area (TPSA) is 90.9 Å². The van der Waals surface area contributed by atoms with E-state index < -0.39 is 5.97 Å². The monoisotopic (exact) mass is 376 g/mol. The van der Waals surface area contributed by atoms with Gasteiger partial charge in [-0.2, -0.15) is 0 Å². The minimum atomic E-state index is -0.768. The van der Waals surface area contributed by atoms with Gasteiger partial charge in [0.15, 0.2) is 0 Å². The number of aliphatic carboxylic acids is 1. The number of fused-ring (bicyclic) bond motifs is 3. The number of H-pyrrole nitrogens is 1. The molecule has 8 heteroatoms. The van der Waals surface area contributed by atoms with Crippen molar-refractivity contribution >= 4 is 51.7 Å². The van der Waals surface area contributed by atoms with E-state index in [-0.39, 0.29) is 5.92 Å². The van der Waals surface area contributed by atoms with Gasteiger partial charge in [-0.25, -0.2) is 9.97 Å². The minimum Gasteiger partial charge on any atom is -0.481 e. The standard InChI is InChI=1S/C17H14Cl2N4O2/c18-11-3-2-9(6-12(11)19)22-15-14-10-5-8(17(24)25)1-4-13(10)23-16(14)21-7-20-15/h2-3,6-8H,1,4-5H2,(H,24,25)(H2,20,21,22,23)/t8-/m0/s1. The summed E-state index contributed by atoms with van der Waals surface area (Å²) in [6.07, 6.45) is 3.25. The fourth-order valence-electron chi connectivity index (χ4n) is 3.26. The van der Waals surface area contributed by atoms with Crippen LogP contribution in [0.3, 0.4) is 0 Å². The Balaban J connectivity index is 1.78. The van der Waals surface area contributed by atoms with Crippen LogP contribution >= 0.6 is 23.2 Å². The summed E-state index contributed by atoms with van der Waals surface area (Å²) in [5, 5.41) is 14.3. The van der Waals surface area contributed by atoms with Crippen molar-refractivity contribution in [2.75, 3.05) is 5.32 Å². The molecular weight excluding hydrogens is 363 g/mol. The quantitative estimate of drug-likeness (QED) is 0.637. The Morgan fingerprint density at radius 3 is 2.88 bits per heavy atom. The van der Waals surface area contributed by atoms with Crippen molar-refractivity contribution in [2.24, 2.45) is 5.92 Å². The third-order valence-corrected chi connectivity index (χ3v) is 5.25. The Morgan fingerprint density at radius 2 is 2.12 bits per heavy atom. The molecule has 1 aliphatic carbocycles. The number of anilines is 2. The second-order valence-corrected chi connectivity index (χ2v) is 6.87. The summed E-state index contributed by atoms with van der Waals surface area (Å²) < 4.78 is 0. The maximum atomic E-state index is 11.4. The van der Waals surface area contributed by atoms with E-state index in [9.17, 15) is 9.90 Å². The van der Waals surface area contributed by atoms with Gasteiger partial charge in [0.2, 0.25) is 0 Å². The molecule has 3 aromatic rings. The van der Waals surface area contributed by atoms with Crippen molar-refractivity contribution < 1.29 is 9.90 Å². The van der Waals surface area contributed by atoms with E-state index in [1.54, 1.807) is 18.2 Å². The molecule has 0 aliphatic heterocycles. The first-order valence-corrected chi connectivity index (χ1v) is 8.58. The molecule has 0 spiro atoms. The summed E-state index contributed by atoms with van der Waals surface area (Å²) in [6.45, 7) is 0. The summed E-state index contributed by atoms with van der Waals surface area (Å²) >= 11 is 12.0. The van der Waals surface area contributed by atoms with Crippen molar-refractivity contribution in [1.82, 2.24) is 15.0 Å². The van der Waals surface area contributed by atoms with Crippen molar-refractivity contribution in [2.45, 2.75) is 19.3 Å². The van der Waals surface area contributed by atoms with Crippen LogP contribution in [-0.2, 0) is 17.6 Å². The number of nitrogens with one attached hydrogen (secondary N) is 2. The number of carbonyl (C=O) groups is 1. The van der Waals surface area contributed by atoms with Crippen LogP contribution in [0.1, 0.15) is 17.7 Å². The Morgan fingerprint density at radius 1 is 1.28 bits per heavy atom. The normalized spacial score (nSPS) is 16.6. The van der Waals surface area contributed by atoms with E-state index in [1.165, 1.54) is 6.33 Å². The molecule has 0 bridgehead atoms. The molecule has 1 atom stereocenters. The van der Waals surface area contributed by atoms with E-state index in [1.807, 2.05) is 0 Å². The van der Waals surface area contributed by atoms with Crippen molar-refractivity contribution in [3.8, 4) is 0 Å². The average molecular weight is 377 g/mol. The molecule has 3 N–H and O–H groups in total. The predicted octanol–water partition coefficient (Wildman–Crippen LogP) is 4.20. The van der Waals surface area contributed by atoms with Crippen LogP contribution in [0.25, 0.3) is 11.0 Å². The summed E-state index contributed by atoms with van der Waals surface area (Å²) in [4.78, 5) is 23.3. The lowest BCUT2D eigenvalue weighted by Gasteiger charge is -2.19. The zero-order chi connectivity index (χ0) is 17.6. The molecule has 128 valence electrons. The molecule has 0 fully saturated rings. The Hall–Kier alpha value is -2.31. The van der Waals surface area contributed by atoms with Gasteiger partial charge in [0.25, 0.3) is 0 Å². The molecule has 0 unspecified atom stereocenters. The molecule has 0 radical (unpaired) electrons. The number of carboxylic acids is 1. The van der Waals surface area contributed by atoms with Crippen LogP contribution in [0.4, 0.5) is 11.5 Å². The number of hydrogen-bond acceptors (Lipinski definition) is 4. The van der Waals surface area contributed by atoms with Crippen LogP contribution in [0.15, 0.2) is 24.5 Å². The third-order valence-electron chi connectivity index (χ3n) is 4.51. The molecule has 0 amide bonds. The van der Waals surface area contributed by atoms with Crippen molar-refractivity contribution in [3.05, 3.63) is 45.8 Å². The number of carboxylic acid groups (broad SMARTS) is 1. The summed E-state index contributed by atoms with van der Waals surface area (Å²) in [5.41, 5.74) is 3.45. The first kappa shape index (κ1) is 16.2. The third kappa shape index (κ3) is 2.92. The average Bonchev–Trinajstić information content (AvgIpc) is 2.96. The number of aromatic nitrogens is 3. The number of benzene rings is 1. The lowest BCUT2D eigenvalue weighted by Crippen LogP contribution is -2.21. The van der Waals surface area contributed by atoms with Crippen LogP contribution < -0.4 is 5.32 Å². The SMILES string of the molecule is O=C(O)[C@H]1CCc2[nH]c3ncnc(Nc4ccc(Cl)c(Cl)c4)c3c2C1. The van der Waals surface area contributed by atoms with E-state index >= 15 is 0 Å². The molecular formula is C17H14Cl2N4O2. The molecule has 0 saturated heterocycles. The fraction of sp³-hybridized carbons (Fsp3) is 0.235. The van der Waals surface area contributed by atoms with Crippen molar-refractivity contribution in [3.63, 3.8) is 0 Å².